The van der Waals surface area contributed by atoms with E-state index in [2.05, 4.69) is 20.0 Å². The zero-order chi connectivity index (χ0) is 19.7. The fourth-order valence-corrected chi connectivity index (χ4v) is 3.40. The Morgan fingerprint density at radius 1 is 1.18 bits per heavy atom. The van der Waals surface area contributed by atoms with Gasteiger partial charge in [0.15, 0.2) is 5.75 Å². The van der Waals surface area contributed by atoms with E-state index in [0.29, 0.717) is 18.8 Å². The Morgan fingerprint density at radius 2 is 1.93 bits per heavy atom. The highest BCUT2D eigenvalue weighted by Gasteiger charge is 2.34. The Hall–Kier alpha value is -3.23. The number of anilines is 1. The number of carbonyl (C=O) groups excluding carboxylic acids is 1. The van der Waals surface area contributed by atoms with E-state index < -0.39 is 18.1 Å². The molecule has 1 aromatic heterocycles. The molecule has 4 rings (SSSR count). The van der Waals surface area contributed by atoms with Gasteiger partial charge in [0, 0.05) is 6.54 Å². The number of benzene rings is 2. The van der Waals surface area contributed by atoms with Crippen LogP contribution in [-0.2, 0) is 0 Å². The highest BCUT2D eigenvalue weighted by Crippen LogP contribution is 2.34. The molecule has 1 saturated heterocycles. The number of carbonyl (C=O) groups is 1. The fraction of sp³-hybridized carbons (Fsp3) is 0.263. The molecule has 9 heteroatoms. The molecule has 2 heterocycles. The molecule has 3 aromatic rings. The maximum absolute atomic E-state index is 12.8. The molecule has 146 valence electrons. The summed E-state index contributed by atoms with van der Waals surface area (Å²) in [6.07, 6.45) is -3.35. The second-order valence-corrected chi connectivity index (χ2v) is 6.46. The summed E-state index contributed by atoms with van der Waals surface area (Å²) >= 11 is 0. The van der Waals surface area contributed by atoms with Crippen molar-refractivity contribution in [2.75, 3.05) is 11.9 Å². The number of amides is 2. The zero-order valence-corrected chi connectivity index (χ0v) is 14.7. The van der Waals surface area contributed by atoms with Gasteiger partial charge in [0.2, 0.25) is 0 Å². The summed E-state index contributed by atoms with van der Waals surface area (Å²) in [7, 11) is 0. The third kappa shape index (κ3) is 3.73. The lowest BCUT2D eigenvalue weighted by Gasteiger charge is -2.24. The molecule has 0 saturated carbocycles. The second kappa shape index (κ2) is 7.06. The number of ether oxygens (including phenoxy) is 1. The number of halogens is 3. The van der Waals surface area contributed by atoms with E-state index in [4.69, 9.17) is 0 Å². The van der Waals surface area contributed by atoms with Crippen LogP contribution in [0.1, 0.15) is 24.7 Å². The molecule has 1 fully saturated rings. The van der Waals surface area contributed by atoms with E-state index in [1.807, 2.05) is 24.3 Å². The van der Waals surface area contributed by atoms with E-state index in [1.54, 1.807) is 4.90 Å². The number of rotatable bonds is 3. The Morgan fingerprint density at radius 3 is 2.71 bits per heavy atom. The minimum absolute atomic E-state index is 0.0416. The standard InChI is InChI=1S/C19H17F3N4O2/c20-19(21,22)28-16-10-4-3-8-14(16)25-18(27)26-11-5-9-15(26)17-23-12-6-1-2-7-13(12)24-17/h1-4,6-8,10,15H,5,9,11H2,(H,23,24)(H,25,27). The number of aromatic nitrogens is 2. The van der Waals surface area contributed by atoms with Crippen molar-refractivity contribution in [1.29, 1.82) is 0 Å². The van der Waals surface area contributed by atoms with Crippen LogP contribution < -0.4 is 10.1 Å². The molecule has 1 aliphatic heterocycles. The molecule has 2 amide bonds. The predicted molar refractivity (Wildman–Crippen MR) is 96.9 cm³/mol. The van der Waals surface area contributed by atoms with Crippen molar-refractivity contribution in [2.45, 2.75) is 25.2 Å². The monoisotopic (exact) mass is 390 g/mol. The summed E-state index contributed by atoms with van der Waals surface area (Å²) in [5.41, 5.74) is 1.63. The first kappa shape index (κ1) is 18.1. The van der Waals surface area contributed by atoms with Gasteiger partial charge in [0.05, 0.1) is 22.8 Å². The molecule has 1 unspecified atom stereocenters. The van der Waals surface area contributed by atoms with Gasteiger partial charge in [-0.1, -0.05) is 24.3 Å². The average molecular weight is 390 g/mol. The van der Waals surface area contributed by atoms with Gasteiger partial charge >= 0.3 is 12.4 Å². The summed E-state index contributed by atoms with van der Waals surface area (Å²) in [6, 6.07) is 12.2. The van der Waals surface area contributed by atoms with E-state index in [0.717, 1.165) is 23.5 Å². The topological polar surface area (TPSA) is 70.2 Å². The number of para-hydroxylation sites is 4. The first-order chi connectivity index (χ1) is 13.4. The Bertz CT molecular complexity index is 969. The molecule has 1 atom stereocenters. The maximum atomic E-state index is 12.8. The molecule has 0 radical (unpaired) electrons. The van der Waals surface area contributed by atoms with Crippen LogP contribution in [0.15, 0.2) is 48.5 Å². The third-order valence-corrected chi connectivity index (χ3v) is 4.59. The summed E-state index contributed by atoms with van der Waals surface area (Å²) in [6.45, 7) is 0.482. The smallest absolute Gasteiger partial charge is 0.404 e. The summed E-state index contributed by atoms with van der Waals surface area (Å²) in [5.74, 6) is 0.205. The first-order valence-corrected chi connectivity index (χ1v) is 8.78. The number of hydrogen-bond donors (Lipinski definition) is 2. The van der Waals surface area contributed by atoms with Crippen LogP contribution in [0.5, 0.6) is 5.75 Å². The van der Waals surface area contributed by atoms with Crippen LogP contribution >= 0.6 is 0 Å². The normalized spacial score (nSPS) is 17.1. The highest BCUT2D eigenvalue weighted by atomic mass is 19.4. The van der Waals surface area contributed by atoms with Crippen molar-refractivity contribution in [3.05, 3.63) is 54.4 Å². The summed E-state index contributed by atoms with van der Waals surface area (Å²) in [4.78, 5) is 22.1. The molecule has 0 aliphatic carbocycles. The van der Waals surface area contributed by atoms with Crippen molar-refractivity contribution in [3.63, 3.8) is 0 Å². The largest absolute Gasteiger partial charge is 0.573 e. The third-order valence-electron chi connectivity index (χ3n) is 4.59. The van der Waals surface area contributed by atoms with Gasteiger partial charge in [-0.2, -0.15) is 0 Å². The number of aromatic amines is 1. The quantitative estimate of drug-likeness (QED) is 0.673. The van der Waals surface area contributed by atoms with Gasteiger partial charge < -0.3 is 19.9 Å². The highest BCUT2D eigenvalue weighted by molar-refractivity contribution is 5.91. The number of alkyl halides is 3. The van der Waals surface area contributed by atoms with Crippen molar-refractivity contribution in [3.8, 4) is 5.75 Å². The van der Waals surface area contributed by atoms with Gasteiger partial charge in [-0.25, -0.2) is 9.78 Å². The Labute approximate surface area is 158 Å². The number of urea groups is 1. The van der Waals surface area contributed by atoms with Gasteiger partial charge in [-0.05, 0) is 37.1 Å². The number of fused-ring (bicyclic) bond motifs is 1. The van der Waals surface area contributed by atoms with Crippen LogP contribution in [0.2, 0.25) is 0 Å². The van der Waals surface area contributed by atoms with Crippen LogP contribution in [-0.4, -0.2) is 33.8 Å². The van der Waals surface area contributed by atoms with Gasteiger partial charge in [-0.15, -0.1) is 13.2 Å². The number of imidazole rings is 1. The SMILES string of the molecule is O=C(Nc1ccccc1OC(F)(F)F)N1CCCC1c1nc2ccccc2[nH]1. The molecule has 28 heavy (non-hydrogen) atoms. The van der Waals surface area contributed by atoms with Crippen LogP contribution in [0.25, 0.3) is 11.0 Å². The molecule has 0 bridgehead atoms. The van der Waals surface area contributed by atoms with Crippen molar-refractivity contribution >= 4 is 22.8 Å². The van der Waals surface area contributed by atoms with Gasteiger partial charge in [0.1, 0.15) is 5.82 Å². The van der Waals surface area contributed by atoms with Crippen LogP contribution in [0.3, 0.4) is 0 Å². The zero-order valence-electron chi connectivity index (χ0n) is 14.7. The molecular weight excluding hydrogens is 373 g/mol. The van der Waals surface area contributed by atoms with E-state index in [-0.39, 0.29) is 11.7 Å². The summed E-state index contributed by atoms with van der Waals surface area (Å²) < 4.78 is 41.8. The van der Waals surface area contributed by atoms with Gasteiger partial charge in [0.25, 0.3) is 0 Å². The molecular formula is C19H17F3N4O2. The Balaban J connectivity index is 1.55. The molecule has 2 aromatic carbocycles. The van der Waals surface area contributed by atoms with Crippen molar-refractivity contribution < 1.29 is 22.7 Å². The minimum atomic E-state index is -4.84. The average Bonchev–Trinajstić information content (AvgIpc) is 3.28. The second-order valence-electron chi connectivity index (χ2n) is 6.46. The molecule has 6 nitrogen and oxygen atoms in total. The molecule has 1 aliphatic rings. The van der Waals surface area contributed by atoms with Crippen LogP contribution in [0, 0.1) is 0 Å². The van der Waals surface area contributed by atoms with E-state index >= 15 is 0 Å². The lowest BCUT2D eigenvalue weighted by molar-refractivity contribution is -0.274. The lowest BCUT2D eigenvalue weighted by atomic mass is 10.2. The van der Waals surface area contributed by atoms with Gasteiger partial charge in [-0.3, -0.25) is 0 Å². The maximum Gasteiger partial charge on any atom is 0.573 e. The van der Waals surface area contributed by atoms with Crippen molar-refractivity contribution in [1.82, 2.24) is 14.9 Å². The molecule has 0 spiro atoms. The van der Waals surface area contributed by atoms with E-state index in [9.17, 15) is 18.0 Å². The Kier molecular flexibility index (Phi) is 4.58. The fourth-order valence-electron chi connectivity index (χ4n) is 3.40. The number of nitrogens with one attached hydrogen (secondary N) is 2. The lowest BCUT2D eigenvalue weighted by Crippen LogP contribution is -2.35. The number of hydrogen-bond acceptors (Lipinski definition) is 3. The number of nitrogens with zero attached hydrogens (tertiary/aromatic N) is 2. The number of likely N-dealkylation sites (tertiary alicyclic amines) is 1. The summed E-state index contributed by atoms with van der Waals surface area (Å²) in [5, 5.41) is 2.53. The van der Waals surface area contributed by atoms with Crippen molar-refractivity contribution in [2.24, 2.45) is 0 Å². The molecule has 2 N–H and O–H groups in total. The first-order valence-electron chi connectivity index (χ1n) is 8.78. The number of H-pyrrole nitrogens is 1. The van der Waals surface area contributed by atoms with E-state index in [1.165, 1.54) is 18.2 Å². The van der Waals surface area contributed by atoms with Crippen LogP contribution in [0.4, 0.5) is 23.7 Å². The predicted octanol–water partition coefficient (Wildman–Crippen LogP) is 4.83. The minimum Gasteiger partial charge on any atom is -0.404 e.